The van der Waals surface area contributed by atoms with Gasteiger partial charge in [-0.3, -0.25) is 0 Å². The van der Waals surface area contributed by atoms with Crippen molar-refractivity contribution in [3.63, 3.8) is 0 Å². The fraction of sp³-hybridized carbons (Fsp3) is 0. The maximum absolute atomic E-state index is 9.24. The number of hydrogen-bond acceptors (Lipinski definition) is 8. The summed E-state index contributed by atoms with van der Waals surface area (Å²) in [5.74, 6) is 0. The summed E-state index contributed by atoms with van der Waals surface area (Å²) >= 11 is 0. The zero-order valence-electron chi connectivity index (χ0n) is 5.11. The fourth-order valence-corrected chi connectivity index (χ4v) is 0.490. The van der Waals surface area contributed by atoms with E-state index in [9.17, 15) is 18.9 Å². The van der Waals surface area contributed by atoms with Gasteiger partial charge < -0.3 is 19.6 Å². The van der Waals surface area contributed by atoms with Crippen LogP contribution in [0, 0.1) is 0 Å². The average Bonchev–Trinajstić information content (AvgIpc) is 1.56. The Morgan fingerprint density at radius 3 is 1.00 bits per heavy atom. The van der Waals surface area contributed by atoms with E-state index in [4.69, 9.17) is 14.4 Å². The van der Waals surface area contributed by atoms with Crippen LogP contribution < -0.4 is 19.6 Å². The number of rotatable bonds is 2. The molecule has 2 unspecified atom stereocenters. The summed E-state index contributed by atoms with van der Waals surface area (Å²) in [5.41, 5.74) is 0. The predicted octanol–water partition coefficient (Wildman–Crippen LogP) is -2.60. The Balaban J connectivity index is -0.000000142. The molecule has 0 fully saturated rings. The summed E-state index contributed by atoms with van der Waals surface area (Å²) in [7, 11) is -9.84. The van der Waals surface area contributed by atoms with Crippen LogP contribution in [0.25, 0.3) is 0 Å². The molecule has 0 spiro atoms. The van der Waals surface area contributed by atoms with E-state index in [1.807, 2.05) is 0 Å². The molecule has 0 saturated heterocycles. The normalized spacial score (nSPS) is 10.0. The summed E-state index contributed by atoms with van der Waals surface area (Å²) in [6, 6.07) is 0. The topological polar surface area (TPSA) is 153 Å². The minimum atomic E-state index is -3.37. The van der Waals surface area contributed by atoms with Gasteiger partial charge in [0.1, 0.15) is 4.31 Å². The van der Waals surface area contributed by atoms with Crippen molar-refractivity contribution in [1.82, 2.24) is 0 Å². The summed E-state index contributed by atoms with van der Waals surface area (Å²) in [6.07, 6.45) is 0. The Bertz CT molecular complexity index is 148. The molecule has 0 heterocycles. The first-order valence-electron chi connectivity index (χ1n) is 1.64. The summed E-state index contributed by atoms with van der Waals surface area (Å²) < 4.78 is 30.1. The first kappa shape index (κ1) is 18.7. The van der Waals surface area contributed by atoms with Gasteiger partial charge in [0.05, 0.1) is 0 Å². The first-order valence-corrected chi connectivity index (χ1v) is 4.93. The molecule has 0 aliphatic carbocycles. The van der Waals surface area contributed by atoms with Crippen molar-refractivity contribution in [2.24, 2.45) is 0 Å². The third-order valence-electron chi connectivity index (χ3n) is 0.133. The molecule has 12 heteroatoms. The van der Waals surface area contributed by atoms with E-state index in [1.54, 1.807) is 0 Å². The molecule has 8 nitrogen and oxygen atoms in total. The van der Waals surface area contributed by atoms with E-state index in [1.165, 1.54) is 0 Å². The Kier molecular flexibility index (Phi) is 18.7. The van der Waals surface area contributed by atoms with Gasteiger partial charge in [-0.05, 0) is 9.13 Å². The molecule has 0 rings (SSSR count). The molecule has 0 aromatic heterocycles. The van der Waals surface area contributed by atoms with Crippen molar-refractivity contribution in [1.29, 1.82) is 0 Å². The van der Waals surface area contributed by atoms with Crippen LogP contribution in [0.15, 0.2) is 0 Å². The molecule has 0 amide bonds. The molecule has 0 aliphatic rings. The molecule has 0 aliphatic heterocycles. The Morgan fingerprint density at radius 2 is 1.00 bits per heavy atom. The molecule has 12 heavy (non-hydrogen) atoms. The van der Waals surface area contributed by atoms with E-state index < -0.39 is 24.8 Å². The molecule has 0 aromatic carbocycles. The Hall–Kier alpha value is 0.983. The molecular formula is O8P3Zr+3. The molecule has 2 atom stereocenters. The van der Waals surface area contributed by atoms with Gasteiger partial charge in [-0.2, -0.15) is 0 Å². The molecule has 64 valence electrons. The second-order valence-electron chi connectivity index (χ2n) is 0.752. The zero-order valence-corrected chi connectivity index (χ0v) is 10.2. The smallest absolute Gasteiger partial charge is 0.598 e. The second kappa shape index (κ2) is 12.0. The maximum atomic E-state index is 9.24. The summed E-state index contributed by atoms with van der Waals surface area (Å²) in [5, 5.41) is 0. The average molecular weight is 312 g/mol. The molecule has 0 bridgehead atoms. The largest absolute Gasteiger partial charge is 4.00 e. The summed E-state index contributed by atoms with van der Waals surface area (Å²) in [4.78, 5) is 35.4. The zero-order chi connectivity index (χ0) is 9.44. The fourth-order valence-electron chi connectivity index (χ4n) is 0.0544. The van der Waals surface area contributed by atoms with Crippen LogP contribution >= 0.6 is 24.8 Å². The number of hydrogen-bond donors (Lipinski definition) is 0. The molecule has 0 radical (unpaired) electrons. The van der Waals surface area contributed by atoms with Crippen molar-refractivity contribution in [2.45, 2.75) is 0 Å². The maximum Gasteiger partial charge on any atom is 4.00 e. The predicted molar refractivity (Wildman–Crippen MR) is 23.9 cm³/mol. The van der Waals surface area contributed by atoms with Crippen molar-refractivity contribution in [2.75, 3.05) is 0 Å². The van der Waals surface area contributed by atoms with Gasteiger partial charge in [0.2, 0.25) is 0 Å². The minimum Gasteiger partial charge on any atom is -0.598 e. The monoisotopic (exact) mass is 311 g/mol. The van der Waals surface area contributed by atoms with Gasteiger partial charge in [0.25, 0.3) is 8.25 Å². The van der Waals surface area contributed by atoms with Crippen LogP contribution in [-0.2, 0) is 44.2 Å². The van der Waals surface area contributed by atoms with Crippen molar-refractivity contribution in [3.8, 4) is 0 Å². The molecule has 0 aromatic rings. The molecular weight excluding hydrogens is 312 g/mol. The van der Waals surface area contributed by atoms with Crippen LogP contribution in [0.4, 0.5) is 0 Å². The van der Waals surface area contributed by atoms with Crippen LogP contribution in [0.2, 0.25) is 0 Å². The van der Waals surface area contributed by atoms with Crippen LogP contribution in [0.5, 0.6) is 0 Å². The van der Waals surface area contributed by atoms with Crippen LogP contribution in [0.1, 0.15) is 0 Å². The van der Waals surface area contributed by atoms with E-state index in [-0.39, 0.29) is 26.2 Å². The van der Waals surface area contributed by atoms with Crippen LogP contribution in [0.3, 0.4) is 0 Å². The van der Waals surface area contributed by atoms with E-state index in [0.29, 0.717) is 0 Å². The van der Waals surface area contributed by atoms with Gasteiger partial charge in [-0.15, -0.1) is 0 Å². The van der Waals surface area contributed by atoms with E-state index >= 15 is 0 Å². The SMILES string of the molecule is O=[P+]([O-])O[P+](=O)[O-].O=[P+]([O-])[O-].[Zr+4]. The second-order valence-corrected chi connectivity index (χ2v) is 2.75. The van der Waals surface area contributed by atoms with Gasteiger partial charge in [-0.1, -0.05) is 4.57 Å². The molecule has 0 N–H and O–H groups in total. The third-order valence-corrected chi connectivity index (χ3v) is 1.20. The Morgan fingerprint density at radius 1 is 0.833 bits per heavy atom. The molecule has 0 saturated carbocycles. The van der Waals surface area contributed by atoms with Gasteiger partial charge in [-0.25, -0.2) is 0 Å². The quantitative estimate of drug-likeness (QED) is 0.503. The van der Waals surface area contributed by atoms with E-state index in [0.717, 1.165) is 0 Å². The Labute approximate surface area is 88.6 Å². The first-order chi connectivity index (χ1) is 4.86. The van der Waals surface area contributed by atoms with Gasteiger partial charge >= 0.3 is 42.7 Å². The van der Waals surface area contributed by atoms with Crippen molar-refractivity contribution >= 4 is 24.8 Å². The minimum absolute atomic E-state index is 0. The van der Waals surface area contributed by atoms with Gasteiger partial charge in [0, 0.05) is 0 Å². The standard InChI is InChI=1S/O5P2.HO3P.Zr/c1-6(2)5-7(3)4;1-4(2)3;/h;(H,1,2,3);/q;;+4/p-1. The summed E-state index contributed by atoms with van der Waals surface area (Å²) in [6.45, 7) is 0. The third kappa shape index (κ3) is 44.1. The van der Waals surface area contributed by atoms with Crippen molar-refractivity contribution in [3.05, 3.63) is 0 Å². The van der Waals surface area contributed by atoms with Crippen LogP contribution in [-0.4, -0.2) is 0 Å². The van der Waals surface area contributed by atoms with Crippen molar-refractivity contribution < 1.29 is 63.8 Å². The van der Waals surface area contributed by atoms with E-state index in [2.05, 4.69) is 4.31 Å². The van der Waals surface area contributed by atoms with Gasteiger partial charge in [0.15, 0.2) is 0 Å².